The summed E-state index contributed by atoms with van der Waals surface area (Å²) in [4.78, 5) is 10.9. The fourth-order valence-electron chi connectivity index (χ4n) is 1.35. The number of amides is 1. The standard InChI is InChI=1S/C9H11N5OS/c1-6(15)10-7-3-2-4-8(5-7)14-9(16)11-12-13-14/h2-5,12-13H,1H3,(H,10,15)(H,11,16). The van der Waals surface area contributed by atoms with Crippen LogP contribution in [0.15, 0.2) is 24.3 Å². The Balaban J connectivity index is 2.21. The third kappa shape index (κ3) is 2.27. The summed E-state index contributed by atoms with van der Waals surface area (Å²) in [6.45, 7) is 1.47. The van der Waals surface area contributed by atoms with Gasteiger partial charge >= 0.3 is 0 Å². The van der Waals surface area contributed by atoms with Crippen LogP contribution in [0.3, 0.4) is 0 Å². The molecule has 6 nitrogen and oxygen atoms in total. The van der Waals surface area contributed by atoms with Crippen molar-refractivity contribution in [2.45, 2.75) is 6.92 Å². The first kappa shape index (κ1) is 10.8. The summed E-state index contributed by atoms with van der Waals surface area (Å²) in [6.07, 6.45) is 0. The maximum absolute atomic E-state index is 10.9. The quantitative estimate of drug-likeness (QED) is 0.553. The third-order valence-electron chi connectivity index (χ3n) is 1.96. The summed E-state index contributed by atoms with van der Waals surface area (Å²) < 4.78 is 0. The highest BCUT2D eigenvalue weighted by Crippen LogP contribution is 2.18. The fraction of sp³-hybridized carbons (Fsp3) is 0.111. The van der Waals surface area contributed by atoms with Crippen molar-refractivity contribution in [3.63, 3.8) is 0 Å². The van der Waals surface area contributed by atoms with Crippen LogP contribution in [0.25, 0.3) is 0 Å². The number of benzene rings is 1. The second-order valence-corrected chi connectivity index (χ2v) is 3.62. The number of hydrogen-bond donors (Lipinski definition) is 4. The molecule has 1 saturated heterocycles. The van der Waals surface area contributed by atoms with Gasteiger partial charge in [-0.3, -0.25) is 10.2 Å². The molecule has 7 heteroatoms. The molecular weight excluding hydrogens is 226 g/mol. The van der Waals surface area contributed by atoms with Crippen LogP contribution < -0.4 is 26.8 Å². The summed E-state index contributed by atoms with van der Waals surface area (Å²) in [5.41, 5.74) is 9.79. The average Bonchev–Trinajstić information content (AvgIpc) is 2.64. The summed E-state index contributed by atoms with van der Waals surface area (Å²) in [5, 5.41) is 4.87. The minimum Gasteiger partial charge on any atom is -0.326 e. The molecule has 0 bridgehead atoms. The fourth-order valence-corrected chi connectivity index (χ4v) is 1.55. The van der Waals surface area contributed by atoms with E-state index in [0.29, 0.717) is 5.11 Å². The van der Waals surface area contributed by atoms with Crippen molar-refractivity contribution >= 4 is 34.6 Å². The van der Waals surface area contributed by atoms with Crippen LogP contribution in [0, 0.1) is 0 Å². The van der Waals surface area contributed by atoms with Crippen LogP contribution in [0.5, 0.6) is 0 Å². The van der Waals surface area contributed by atoms with E-state index in [1.54, 1.807) is 5.01 Å². The number of anilines is 2. The largest absolute Gasteiger partial charge is 0.326 e. The molecule has 1 heterocycles. The Morgan fingerprint density at radius 2 is 2.31 bits per heavy atom. The van der Waals surface area contributed by atoms with Crippen LogP contribution in [-0.4, -0.2) is 11.0 Å². The van der Waals surface area contributed by atoms with E-state index in [9.17, 15) is 4.79 Å². The smallest absolute Gasteiger partial charge is 0.221 e. The Kier molecular flexibility index (Phi) is 3.00. The number of hydrazine groups is 3. The molecule has 0 spiro atoms. The first-order valence-corrected chi connectivity index (χ1v) is 5.06. The van der Waals surface area contributed by atoms with Gasteiger partial charge in [-0.05, 0) is 30.4 Å². The monoisotopic (exact) mass is 237 g/mol. The van der Waals surface area contributed by atoms with E-state index in [1.807, 2.05) is 24.3 Å². The Morgan fingerprint density at radius 1 is 1.50 bits per heavy atom. The van der Waals surface area contributed by atoms with Gasteiger partial charge in [0.15, 0.2) is 0 Å². The molecule has 0 aromatic heterocycles. The lowest BCUT2D eigenvalue weighted by atomic mass is 10.2. The van der Waals surface area contributed by atoms with E-state index in [2.05, 4.69) is 21.8 Å². The van der Waals surface area contributed by atoms with Gasteiger partial charge in [-0.15, -0.1) is 5.53 Å². The molecule has 1 aliphatic heterocycles. The highest BCUT2D eigenvalue weighted by atomic mass is 32.1. The average molecular weight is 237 g/mol. The van der Waals surface area contributed by atoms with Crippen LogP contribution in [0.4, 0.5) is 11.4 Å². The number of thiocarbonyl (C=S) groups is 1. The molecule has 84 valence electrons. The first-order chi connectivity index (χ1) is 7.66. The molecule has 0 atom stereocenters. The molecule has 0 saturated carbocycles. The summed E-state index contributed by atoms with van der Waals surface area (Å²) in [6, 6.07) is 7.34. The minimum atomic E-state index is -0.106. The Labute approximate surface area is 97.9 Å². The van der Waals surface area contributed by atoms with Crippen molar-refractivity contribution in [1.29, 1.82) is 0 Å². The molecule has 1 amide bonds. The summed E-state index contributed by atoms with van der Waals surface area (Å²) in [5.74, 6) is -0.106. The number of carbonyl (C=O) groups is 1. The first-order valence-electron chi connectivity index (χ1n) is 4.65. The van der Waals surface area contributed by atoms with Gasteiger partial charge in [-0.25, -0.2) is 5.01 Å². The molecule has 4 N–H and O–H groups in total. The molecule has 16 heavy (non-hydrogen) atoms. The minimum absolute atomic E-state index is 0.106. The highest BCUT2D eigenvalue weighted by molar-refractivity contribution is 7.80. The summed E-state index contributed by atoms with van der Waals surface area (Å²) in [7, 11) is 0. The molecule has 2 rings (SSSR count). The van der Waals surface area contributed by atoms with E-state index in [0.717, 1.165) is 11.4 Å². The SMILES string of the molecule is CC(=O)Nc1cccc(N2NNNC2=S)c1. The lowest BCUT2D eigenvalue weighted by molar-refractivity contribution is -0.114. The van der Waals surface area contributed by atoms with Gasteiger partial charge in [0.05, 0.1) is 5.69 Å². The van der Waals surface area contributed by atoms with E-state index >= 15 is 0 Å². The summed E-state index contributed by atoms with van der Waals surface area (Å²) >= 11 is 5.06. The van der Waals surface area contributed by atoms with Crippen LogP contribution in [0.2, 0.25) is 0 Å². The number of nitrogens with one attached hydrogen (secondary N) is 4. The van der Waals surface area contributed by atoms with E-state index in [-0.39, 0.29) is 5.91 Å². The molecule has 1 aromatic carbocycles. The van der Waals surface area contributed by atoms with Crippen molar-refractivity contribution in [3.05, 3.63) is 24.3 Å². The lowest BCUT2D eigenvalue weighted by Gasteiger charge is -2.15. The van der Waals surface area contributed by atoms with E-state index in [4.69, 9.17) is 12.2 Å². The Hall–Kier alpha value is -1.70. The Bertz CT molecular complexity index is 436. The predicted octanol–water partition coefficient (Wildman–Crippen LogP) is 0.264. The Morgan fingerprint density at radius 3 is 2.94 bits per heavy atom. The normalized spacial score (nSPS) is 14.8. The number of rotatable bonds is 2. The topological polar surface area (TPSA) is 68.4 Å². The van der Waals surface area contributed by atoms with Crippen molar-refractivity contribution in [2.75, 3.05) is 10.3 Å². The molecule has 0 radical (unpaired) electrons. The zero-order valence-corrected chi connectivity index (χ0v) is 9.39. The highest BCUT2D eigenvalue weighted by Gasteiger charge is 2.17. The third-order valence-corrected chi connectivity index (χ3v) is 2.25. The van der Waals surface area contributed by atoms with Crippen molar-refractivity contribution in [2.24, 2.45) is 0 Å². The van der Waals surface area contributed by atoms with Crippen LogP contribution in [-0.2, 0) is 4.79 Å². The van der Waals surface area contributed by atoms with Crippen molar-refractivity contribution in [1.82, 2.24) is 16.5 Å². The zero-order chi connectivity index (χ0) is 11.5. The molecule has 1 aliphatic rings. The van der Waals surface area contributed by atoms with Gasteiger partial charge in [0.25, 0.3) is 0 Å². The van der Waals surface area contributed by atoms with E-state index in [1.165, 1.54) is 6.92 Å². The van der Waals surface area contributed by atoms with E-state index < -0.39 is 0 Å². The van der Waals surface area contributed by atoms with Crippen LogP contribution >= 0.6 is 12.2 Å². The van der Waals surface area contributed by atoms with Gasteiger partial charge in [0.2, 0.25) is 11.0 Å². The van der Waals surface area contributed by atoms with Crippen molar-refractivity contribution < 1.29 is 4.79 Å². The molecule has 0 aliphatic carbocycles. The molecule has 1 aromatic rings. The second kappa shape index (κ2) is 4.44. The molecular formula is C9H11N5OS. The molecule has 0 unspecified atom stereocenters. The number of carbonyl (C=O) groups excluding carboxylic acids is 1. The lowest BCUT2D eigenvalue weighted by Crippen LogP contribution is -2.37. The van der Waals surface area contributed by atoms with Gasteiger partial charge in [0.1, 0.15) is 0 Å². The maximum Gasteiger partial charge on any atom is 0.221 e. The van der Waals surface area contributed by atoms with Crippen LogP contribution in [0.1, 0.15) is 6.92 Å². The molecule has 1 fully saturated rings. The van der Waals surface area contributed by atoms with Gasteiger partial charge in [-0.1, -0.05) is 6.07 Å². The van der Waals surface area contributed by atoms with Gasteiger partial charge < -0.3 is 5.32 Å². The predicted molar refractivity (Wildman–Crippen MR) is 65.2 cm³/mol. The zero-order valence-electron chi connectivity index (χ0n) is 8.57. The van der Waals surface area contributed by atoms with Gasteiger partial charge in [0, 0.05) is 12.6 Å². The number of nitrogens with zero attached hydrogens (tertiary/aromatic N) is 1. The second-order valence-electron chi connectivity index (χ2n) is 3.23. The van der Waals surface area contributed by atoms with Gasteiger partial charge in [-0.2, -0.15) is 5.53 Å². The van der Waals surface area contributed by atoms with Crippen molar-refractivity contribution in [3.8, 4) is 0 Å². The number of hydrogen-bond acceptors (Lipinski definition) is 4. The maximum atomic E-state index is 10.9.